The van der Waals surface area contributed by atoms with Gasteiger partial charge >= 0.3 is 0 Å². The van der Waals surface area contributed by atoms with Gasteiger partial charge in [0.25, 0.3) is 5.91 Å². The Morgan fingerprint density at radius 1 is 1.11 bits per heavy atom. The molecule has 0 aliphatic heterocycles. The molecular formula is C28H24Cl2N4O2. The lowest BCUT2D eigenvalue weighted by atomic mass is 9.94. The minimum atomic E-state index is -0.560. The predicted octanol–water partition coefficient (Wildman–Crippen LogP) is 5.44. The number of terminal acetylenes is 1. The summed E-state index contributed by atoms with van der Waals surface area (Å²) < 4.78 is 0. The SMILES string of the molecule is C#Cc1cccc(C(=O)NC(=N)c2cc(NC(=O)C(CCN)c3ccc(Cl)c(Cl)c3)ccc2C=C)c1. The van der Waals surface area contributed by atoms with Crippen LogP contribution in [0.3, 0.4) is 0 Å². The standard InChI is InChI=1S/C28H24Cl2N4O2/c1-3-17-6-5-7-20(14-17)27(35)34-26(32)23-16-21(10-8-18(23)4-2)33-28(36)22(12-13-31)19-9-11-24(29)25(30)15-19/h1,4-11,14-16,22H,2,12-13,31H2,(H,33,36)(H2,32,34,35). The fraction of sp³-hybridized carbons (Fsp3) is 0.107. The van der Waals surface area contributed by atoms with Crippen LogP contribution in [0.1, 0.15) is 45.0 Å². The highest BCUT2D eigenvalue weighted by atomic mass is 35.5. The fourth-order valence-corrected chi connectivity index (χ4v) is 3.91. The van der Waals surface area contributed by atoms with Crippen molar-refractivity contribution in [1.82, 2.24) is 5.32 Å². The van der Waals surface area contributed by atoms with E-state index in [0.717, 1.165) is 0 Å². The van der Waals surface area contributed by atoms with Crippen LogP contribution >= 0.6 is 23.2 Å². The van der Waals surface area contributed by atoms with Gasteiger partial charge in [0.2, 0.25) is 5.91 Å². The second-order valence-electron chi connectivity index (χ2n) is 7.85. The van der Waals surface area contributed by atoms with Crippen LogP contribution in [-0.2, 0) is 4.79 Å². The van der Waals surface area contributed by atoms with Gasteiger partial charge in [-0.1, -0.05) is 60.0 Å². The summed E-state index contributed by atoms with van der Waals surface area (Å²) >= 11 is 12.2. The molecule has 5 N–H and O–H groups in total. The zero-order valence-corrected chi connectivity index (χ0v) is 20.8. The first-order valence-electron chi connectivity index (χ1n) is 11.0. The number of benzene rings is 3. The molecule has 182 valence electrons. The number of nitrogens with one attached hydrogen (secondary N) is 3. The van der Waals surface area contributed by atoms with Gasteiger partial charge in [-0.15, -0.1) is 6.42 Å². The molecule has 3 aromatic rings. The third-order valence-electron chi connectivity index (χ3n) is 5.46. The lowest BCUT2D eigenvalue weighted by Gasteiger charge is -2.18. The molecule has 0 fully saturated rings. The van der Waals surface area contributed by atoms with E-state index in [0.29, 0.717) is 50.0 Å². The Hall–Kier alpha value is -3.89. The maximum absolute atomic E-state index is 13.2. The van der Waals surface area contributed by atoms with E-state index in [2.05, 4.69) is 23.1 Å². The minimum absolute atomic E-state index is 0.153. The highest BCUT2D eigenvalue weighted by Gasteiger charge is 2.22. The van der Waals surface area contributed by atoms with Gasteiger partial charge in [0, 0.05) is 22.4 Å². The summed E-state index contributed by atoms with van der Waals surface area (Å²) in [6.07, 6.45) is 7.36. The van der Waals surface area contributed by atoms with Gasteiger partial charge in [0.1, 0.15) is 5.84 Å². The number of nitrogens with two attached hydrogens (primary N) is 1. The zero-order valence-electron chi connectivity index (χ0n) is 19.3. The van der Waals surface area contributed by atoms with Crippen molar-refractivity contribution in [3.8, 4) is 12.3 Å². The van der Waals surface area contributed by atoms with Crippen LogP contribution in [0.5, 0.6) is 0 Å². The maximum atomic E-state index is 13.2. The number of halogens is 2. The molecule has 36 heavy (non-hydrogen) atoms. The molecule has 3 rings (SSSR count). The highest BCUT2D eigenvalue weighted by Crippen LogP contribution is 2.29. The van der Waals surface area contributed by atoms with Crippen LogP contribution in [0, 0.1) is 17.8 Å². The smallest absolute Gasteiger partial charge is 0.256 e. The topological polar surface area (TPSA) is 108 Å². The number of hydrogen-bond acceptors (Lipinski definition) is 4. The van der Waals surface area contributed by atoms with Gasteiger partial charge in [-0.25, -0.2) is 0 Å². The number of carbonyl (C=O) groups is 2. The summed E-state index contributed by atoms with van der Waals surface area (Å²) in [6.45, 7) is 4.06. The first-order valence-corrected chi connectivity index (χ1v) is 11.7. The van der Waals surface area contributed by atoms with Crippen molar-refractivity contribution in [2.75, 3.05) is 11.9 Å². The van der Waals surface area contributed by atoms with Gasteiger partial charge in [-0.05, 0) is 66.6 Å². The maximum Gasteiger partial charge on any atom is 0.256 e. The van der Waals surface area contributed by atoms with Crippen molar-refractivity contribution in [3.05, 3.63) is 105 Å². The number of amidine groups is 1. The molecule has 0 saturated heterocycles. The summed E-state index contributed by atoms with van der Waals surface area (Å²) in [7, 11) is 0. The molecule has 1 unspecified atom stereocenters. The molecule has 3 aromatic carbocycles. The molecular weight excluding hydrogens is 495 g/mol. The van der Waals surface area contributed by atoms with Crippen molar-refractivity contribution < 1.29 is 9.59 Å². The largest absolute Gasteiger partial charge is 0.330 e. The Bertz CT molecular complexity index is 1380. The minimum Gasteiger partial charge on any atom is -0.330 e. The number of rotatable bonds is 8. The molecule has 0 heterocycles. The second kappa shape index (κ2) is 12.2. The molecule has 0 bridgehead atoms. The fourth-order valence-electron chi connectivity index (χ4n) is 3.61. The van der Waals surface area contributed by atoms with Gasteiger partial charge in [-0.3, -0.25) is 15.0 Å². The number of anilines is 1. The molecule has 2 amide bonds. The first-order chi connectivity index (χ1) is 17.3. The number of hydrogen-bond donors (Lipinski definition) is 4. The first kappa shape index (κ1) is 26.7. The molecule has 0 aromatic heterocycles. The van der Waals surface area contributed by atoms with E-state index in [9.17, 15) is 9.59 Å². The van der Waals surface area contributed by atoms with E-state index in [1.54, 1.807) is 66.7 Å². The van der Waals surface area contributed by atoms with Crippen molar-refractivity contribution in [3.63, 3.8) is 0 Å². The highest BCUT2D eigenvalue weighted by molar-refractivity contribution is 6.42. The Morgan fingerprint density at radius 3 is 2.56 bits per heavy atom. The Labute approximate surface area is 220 Å². The van der Waals surface area contributed by atoms with Crippen LogP contribution in [0.2, 0.25) is 10.0 Å². The van der Waals surface area contributed by atoms with Gasteiger partial charge in [0.05, 0.1) is 16.0 Å². The molecule has 1 atom stereocenters. The monoisotopic (exact) mass is 518 g/mol. The van der Waals surface area contributed by atoms with Crippen molar-refractivity contribution in [2.45, 2.75) is 12.3 Å². The molecule has 8 heteroatoms. The number of amides is 2. The van der Waals surface area contributed by atoms with Crippen LogP contribution < -0.4 is 16.4 Å². The second-order valence-corrected chi connectivity index (χ2v) is 8.67. The summed E-state index contributed by atoms with van der Waals surface area (Å²) in [5.74, 6) is 0.989. The summed E-state index contributed by atoms with van der Waals surface area (Å²) in [4.78, 5) is 25.8. The van der Waals surface area contributed by atoms with E-state index in [-0.39, 0.29) is 18.3 Å². The number of carbonyl (C=O) groups excluding carboxylic acids is 2. The van der Waals surface area contributed by atoms with Crippen LogP contribution in [-0.4, -0.2) is 24.2 Å². The Balaban J connectivity index is 1.83. The van der Waals surface area contributed by atoms with Crippen LogP contribution in [0.4, 0.5) is 5.69 Å². The average Bonchev–Trinajstić information content (AvgIpc) is 2.88. The average molecular weight is 519 g/mol. The van der Waals surface area contributed by atoms with Crippen molar-refractivity contribution >= 4 is 52.6 Å². The Kier molecular flexibility index (Phi) is 9.04. The molecule has 0 radical (unpaired) electrons. The summed E-state index contributed by atoms with van der Waals surface area (Å²) in [5.41, 5.74) is 8.75. The molecule has 0 aliphatic rings. The van der Waals surface area contributed by atoms with E-state index >= 15 is 0 Å². The molecule has 6 nitrogen and oxygen atoms in total. The van der Waals surface area contributed by atoms with Crippen LogP contribution in [0.25, 0.3) is 6.08 Å². The van der Waals surface area contributed by atoms with Crippen molar-refractivity contribution in [1.29, 1.82) is 5.41 Å². The van der Waals surface area contributed by atoms with Crippen molar-refractivity contribution in [2.24, 2.45) is 5.73 Å². The third-order valence-corrected chi connectivity index (χ3v) is 6.20. The third kappa shape index (κ3) is 6.41. The summed E-state index contributed by atoms with van der Waals surface area (Å²) in [5, 5.41) is 14.7. The van der Waals surface area contributed by atoms with E-state index in [1.807, 2.05) is 0 Å². The lowest BCUT2D eigenvalue weighted by molar-refractivity contribution is -0.117. The predicted molar refractivity (Wildman–Crippen MR) is 147 cm³/mol. The lowest BCUT2D eigenvalue weighted by Crippen LogP contribution is -2.31. The zero-order chi connectivity index (χ0) is 26.2. The molecule has 0 spiro atoms. The van der Waals surface area contributed by atoms with Gasteiger partial charge in [-0.2, -0.15) is 0 Å². The van der Waals surface area contributed by atoms with Gasteiger partial charge in [0.15, 0.2) is 0 Å². The molecule has 0 saturated carbocycles. The normalized spacial score (nSPS) is 11.2. The summed E-state index contributed by atoms with van der Waals surface area (Å²) in [6, 6.07) is 16.6. The molecule has 0 aliphatic carbocycles. The van der Waals surface area contributed by atoms with Gasteiger partial charge < -0.3 is 16.4 Å². The van der Waals surface area contributed by atoms with Crippen LogP contribution in [0.15, 0.2) is 67.2 Å². The van der Waals surface area contributed by atoms with E-state index in [4.69, 9.17) is 40.8 Å². The quantitative estimate of drug-likeness (QED) is 0.181. The van der Waals surface area contributed by atoms with E-state index in [1.165, 1.54) is 0 Å². The van der Waals surface area contributed by atoms with E-state index < -0.39 is 11.8 Å². The Morgan fingerprint density at radius 2 is 1.89 bits per heavy atom.